The summed E-state index contributed by atoms with van der Waals surface area (Å²) in [6.07, 6.45) is 9.32. The van der Waals surface area contributed by atoms with Gasteiger partial charge in [0.1, 0.15) is 0 Å². The highest BCUT2D eigenvalue weighted by atomic mass is 32.1. The molecule has 0 N–H and O–H groups in total. The number of allylic oxidation sites excluding steroid dienone is 4. The summed E-state index contributed by atoms with van der Waals surface area (Å²) in [5.41, 5.74) is 15.6. The van der Waals surface area contributed by atoms with Crippen LogP contribution in [0, 0.1) is 0 Å². The third-order valence-electron chi connectivity index (χ3n) is 13.0. The van der Waals surface area contributed by atoms with Gasteiger partial charge in [-0.2, -0.15) is 0 Å². The zero-order chi connectivity index (χ0) is 40.3. The van der Waals surface area contributed by atoms with Crippen LogP contribution in [-0.2, 0) is 5.41 Å². The van der Waals surface area contributed by atoms with Crippen LogP contribution in [0.5, 0.6) is 0 Å². The van der Waals surface area contributed by atoms with E-state index >= 15 is 0 Å². The summed E-state index contributed by atoms with van der Waals surface area (Å²) < 4.78 is 2.62. The number of hydrogen-bond donors (Lipinski definition) is 0. The summed E-state index contributed by atoms with van der Waals surface area (Å²) in [5, 5.41) is 5.13. The summed E-state index contributed by atoms with van der Waals surface area (Å²) in [5.74, 6) is 0. The highest BCUT2D eigenvalue weighted by Crippen LogP contribution is 2.60. The molecule has 0 saturated heterocycles. The van der Waals surface area contributed by atoms with Crippen LogP contribution in [0.4, 0.5) is 17.1 Å². The van der Waals surface area contributed by atoms with Crippen molar-refractivity contribution in [2.24, 2.45) is 0 Å². The van der Waals surface area contributed by atoms with Crippen molar-refractivity contribution in [1.29, 1.82) is 0 Å². The second-order valence-corrected chi connectivity index (χ2v) is 17.4. The van der Waals surface area contributed by atoms with Gasteiger partial charge in [0.2, 0.25) is 0 Å². The molecule has 0 bridgehead atoms. The van der Waals surface area contributed by atoms with E-state index in [0.717, 1.165) is 29.9 Å². The van der Waals surface area contributed by atoms with E-state index in [0.29, 0.717) is 0 Å². The Morgan fingerprint density at radius 1 is 0.443 bits per heavy atom. The van der Waals surface area contributed by atoms with Crippen LogP contribution >= 0.6 is 11.3 Å². The molecule has 1 unspecified atom stereocenters. The Morgan fingerprint density at radius 3 is 2.00 bits per heavy atom. The van der Waals surface area contributed by atoms with Gasteiger partial charge >= 0.3 is 0 Å². The van der Waals surface area contributed by atoms with E-state index in [-0.39, 0.29) is 0 Å². The summed E-state index contributed by atoms with van der Waals surface area (Å²) in [4.78, 5) is 2.52. The number of thiophene rings is 1. The van der Waals surface area contributed by atoms with Crippen molar-refractivity contribution in [3.63, 3.8) is 0 Å². The van der Waals surface area contributed by atoms with Crippen LogP contribution < -0.4 is 4.90 Å². The normalized spacial score (nSPS) is 15.5. The number of rotatable bonds is 7. The minimum atomic E-state index is -0.461. The van der Waals surface area contributed by atoms with Crippen molar-refractivity contribution in [2.75, 3.05) is 4.90 Å². The zero-order valence-corrected chi connectivity index (χ0v) is 34.4. The third-order valence-corrected chi connectivity index (χ3v) is 14.1. The first-order chi connectivity index (χ1) is 30.3. The molecule has 0 fully saturated rings. The molecule has 1 atom stereocenters. The van der Waals surface area contributed by atoms with Crippen LogP contribution in [0.25, 0.3) is 64.3 Å². The van der Waals surface area contributed by atoms with E-state index in [4.69, 9.17) is 0 Å². The molecular weight excluding hydrogens is 755 g/mol. The highest BCUT2D eigenvalue weighted by molar-refractivity contribution is 7.25. The minimum Gasteiger partial charge on any atom is -0.309 e. The molecule has 0 saturated carbocycles. The molecule has 0 radical (unpaired) electrons. The lowest BCUT2D eigenvalue weighted by atomic mass is 9.66. The van der Waals surface area contributed by atoms with E-state index < -0.39 is 5.41 Å². The standard InChI is InChI=1S/C59H41NS/c1-3-18-45(19-4-1)59(46-20-5-2-6-21-46)52-25-12-9-24-51(52)58-53(59)26-15-28-55(58)60(47-35-32-41(33-36-47)43-31-30-40-16-7-8-17-42(40)38-43)54-27-13-10-22-48(54)44-34-37-50-49-23-11-14-29-56(49)61-57(50)39-44/h1,3-5,7-39H,2,6H2. The number of benzene rings is 9. The maximum Gasteiger partial charge on any atom is 0.0711 e. The van der Waals surface area contributed by atoms with Crippen LogP contribution in [-0.4, -0.2) is 0 Å². The van der Waals surface area contributed by atoms with E-state index in [1.54, 1.807) is 0 Å². The molecule has 0 spiro atoms. The first-order valence-corrected chi connectivity index (χ1v) is 22.1. The van der Waals surface area contributed by atoms with Gasteiger partial charge in [0.05, 0.1) is 16.8 Å². The van der Waals surface area contributed by atoms with E-state index in [9.17, 15) is 0 Å². The monoisotopic (exact) mass is 795 g/mol. The van der Waals surface area contributed by atoms with Crippen molar-refractivity contribution in [3.8, 4) is 33.4 Å². The van der Waals surface area contributed by atoms with Crippen molar-refractivity contribution >= 4 is 59.3 Å². The molecule has 1 aromatic heterocycles. The maximum absolute atomic E-state index is 2.52. The molecule has 1 nitrogen and oxygen atoms in total. The van der Waals surface area contributed by atoms with Gasteiger partial charge in [-0.25, -0.2) is 0 Å². The largest absolute Gasteiger partial charge is 0.309 e. The van der Waals surface area contributed by atoms with Crippen LogP contribution in [0.1, 0.15) is 29.5 Å². The van der Waals surface area contributed by atoms with Gasteiger partial charge < -0.3 is 4.90 Å². The second kappa shape index (κ2) is 14.5. The molecule has 2 aliphatic carbocycles. The number of nitrogens with zero attached hydrogens (tertiary/aromatic N) is 1. The van der Waals surface area contributed by atoms with E-state index in [1.165, 1.54) is 86.6 Å². The smallest absolute Gasteiger partial charge is 0.0711 e. The topological polar surface area (TPSA) is 3.24 Å². The van der Waals surface area contributed by atoms with E-state index in [2.05, 4.69) is 229 Å². The Labute approximate surface area is 360 Å². The Morgan fingerprint density at radius 2 is 1.13 bits per heavy atom. The molecule has 0 aliphatic heterocycles. The first kappa shape index (κ1) is 35.7. The Balaban J connectivity index is 1.10. The average Bonchev–Trinajstić information content (AvgIpc) is 3.86. The minimum absolute atomic E-state index is 0.461. The van der Waals surface area contributed by atoms with Gasteiger partial charge in [-0.3, -0.25) is 0 Å². The summed E-state index contributed by atoms with van der Waals surface area (Å²) in [6.45, 7) is 0. The number of para-hydroxylation sites is 1. The maximum atomic E-state index is 2.52. The fourth-order valence-corrected chi connectivity index (χ4v) is 11.4. The number of hydrogen-bond acceptors (Lipinski definition) is 2. The predicted octanol–water partition coefficient (Wildman–Crippen LogP) is 16.6. The fourth-order valence-electron chi connectivity index (χ4n) is 10.2. The van der Waals surface area contributed by atoms with Gasteiger partial charge in [-0.1, -0.05) is 182 Å². The lowest BCUT2D eigenvalue weighted by Crippen LogP contribution is -2.29. The summed E-state index contributed by atoms with van der Waals surface area (Å²) in [6, 6.07) is 76.7. The molecule has 12 rings (SSSR count). The van der Waals surface area contributed by atoms with Crippen molar-refractivity contribution in [3.05, 3.63) is 247 Å². The first-order valence-electron chi connectivity index (χ1n) is 21.3. The SMILES string of the molecule is C1=CC(C2(c3ccccc3)c3ccccc3-c3c(N(c4ccc(-c5ccc6ccccc6c5)cc4)c4ccccc4-c4ccc5c(c4)sc4ccccc45)cccc32)=CCC1. The molecule has 2 aliphatic rings. The molecule has 288 valence electrons. The number of fused-ring (bicyclic) bond motifs is 7. The zero-order valence-electron chi connectivity index (χ0n) is 33.6. The average molecular weight is 796 g/mol. The van der Waals surface area contributed by atoms with Crippen molar-refractivity contribution in [1.82, 2.24) is 0 Å². The van der Waals surface area contributed by atoms with Gasteiger partial charge in [-0.15, -0.1) is 11.3 Å². The molecule has 61 heavy (non-hydrogen) atoms. The molecule has 2 heteroatoms. The quantitative estimate of drug-likeness (QED) is 0.155. The van der Waals surface area contributed by atoms with Crippen molar-refractivity contribution in [2.45, 2.75) is 18.3 Å². The van der Waals surface area contributed by atoms with Crippen LogP contribution in [0.2, 0.25) is 0 Å². The van der Waals surface area contributed by atoms with E-state index in [1.807, 2.05) is 11.3 Å². The Hall–Kier alpha value is -7.26. The highest BCUT2D eigenvalue weighted by Gasteiger charge is 2.48. The molecule has 1 heterocycles. The van der Waals surface area contributed by atoms with Crippen LogP contribution in [0.15, 0.2) is 230 Å². The van der Waals surface area contributed by atoms with Crippen molar-refractivity contribution < 1.29 is 0 Å². The molecular formula is C59H41NS. The van der Waals surface area contributed by atoms with Gasteiger partial charge in [-0.05, 0) is 111 Å². The van der Waals surface area contributed by atoms with Gasteiger partial charge in [0, 0.05) is 37.0 Å². The Bertz CT molecular complexity index is 3370. The lowest BCUT2D eigenvalue weighted by Gasteiger charge is -2.36. The lowest BCUT2D eigenvalue weighted by molar-refractivity contribution is 0.751. The molecule has 10 aromatic rings. The van der Waals surface area contributed by atoms with Crippen LogP contribution in [0.3, 0.4) is 0 Å². The second-order valence-electron chi connectivity index (χ2n) is 16.3. The fraction of sp³-hybridized carbons (Fsp3) is 0.0508. The molecule has 9 aromatic carbocycles. The van der Waals surface area contributed by atoms with Gasteiger partial charge in [0.15, 0.2) is 0 Å². The predicted molar refractivity (Wildman–Crippen MR) is 261 cm³/mol. The Kier molecular flexibility index (Phi) is 8.47. The summed E-state index contributed by atoms with van der Waals surface area (Å²) >= 11 is 1.87. The summed E-state index contributed by atoms with van der Waals surface area (Å²) in [7, 11) is 0. The molecule has 0 amide bonds. The van der Waals surface area contributed by atoms with Gasteiger partial charge in [0.25, 0.3) is 0 Å². The number of anilines is 3. The third kappa shape index (κ3) is 5.67.